The normalized spacial score (nSPS) is 10.6. The van der Waals surface area contributed by atoms with Crippen LogP contribution in [-0.2, 0) is 17.7 Å². The Bertz CT molecular complexity index is 377. The lowest BCUT2D eigenvalue weighted by atomic mass is 10.3. The van der Waals surface area contributed by atoms with Crippen molar-refractivity contribution in [3.05, 3.63) is 17.5 Å². The van der Waals surface area contributed by atoms with Gasteiger partial charge in [-0.3, -0.25) is 9.48 Å². The van der Waals surface area contributed by atoms with Crippen molar-refractivity contribution in [2.24, 2.45) is 0 Å². The second-order valence-corrected chi connectivity index (χ2v) is 3.78. The predicted molar refractivity (Wildman–Crippen MR) is 67.5 cm³/mol. The van der Waals surface area contributed by atoms with Gasteiger partial charge in [0.25, 0.3) is 5.91 Å². The van der Waals surface area contributed by atoms with Gasteiger partial charge < -0.3 is 15.2 Å². The molecule has 1 aromatic heterocycles. The number of hydrogen-bond donors (Lipinski definition) is 2. The second kappa shape index (κ2) is 7.84. The van der Waals surface area contributed by atoms with Crippen molar-refractivity contribution < 1.29 is 14.6 Å². The van der Waals surface area contributed by atoms with Crippen LogP contribution in [0.25, 0.3) is 0 Å². The van der Waals surface area contributed by atoms with Gasteiger partial charge in [0.15, 0.2) is 0 Å². The summed E-state index contributed by atoms with van der Waals surface area (Å²) < 4.78 is 6.76. The van der Waals surface area contributed by atoms with Gasteiger partial charge in [-0.05, 0) is 19.4 Å². The molecular weight excluding hydrogens is 234 g/mol. The van der Waals surface area contributed by atoms with Crippen LogP contribution in [0, 0.1) is 0 Å². The first-order chi connectivity index (χ1) is 8.72. The summed E-state index contributed by atoms with van der Waals surface area (Å²) in [6, 6.07) is 1.81. The molecule has 0 unspecified atom stereocenters. The monoisotopic (exact) mass is 255 g/mol. The molecule has 102 valence electrons. The van der Waals surface area contributed by atoms with Crippen LogP contribution in [0.5, 0.6) is 0 Å². The molecule has 18 heavy (non-hydrogen) atoms. The maximum Gasteiger partial charge on any atom is 0.269 e. The topological polar surface area (TPSA) is 76.4 Å². The van der Waals surface area contributed by atoms with Crippen molar-refractivity contribution >= 4 is 5.91 Å². The molecule has 1 aromatic rings. The van der Waals surface area contributed by atoms with Crippen molar-refractivity contribution in [2.75, 3.05) is 26.4 Å². The zero-order chi connectivity index (χ0) is 13.4. The van der Waals surface area contributed by atoms with Gasteiger partial charge in [-0.1, -0.05) is 6.92 Å². The number of carbonyl (C=O) groups excluding carboxylic acids is 1. The minimum absolute atomic E-state index is 0.00356. The molecule has 0 bridgehead atoms. The SMILES string of the molecule is CCc1cc(C(=O)NCCOCCO)n(CC)n1. The van der Waals surface area contributed by atoms with Gasteiger partial charge in [0.1, 0.15) is 5.69 Å². The smallest absolute Gasteiger partial charge is 0.269 e. The fraction of sp³-hybridized carbons (Fsp3) is 0.667. The van der Waals surface area contributed by atoms with E-state index in [1.165, 1.54) is 0 Å². The standard InChI is InChI=1S/C12H21N3O3/c1-3-10-9-11(15(4-2)14-10)12(17)13-5-7-18-8-6-16/h9,16H,3-8H2,1-2H3,(H,13,17). The summed E-state index contributed by atoms with van der Waals surface area (Å²) >= 11 is 0. The second-order valence-electron chi connectivity index (χ2n) is 3.78. The zero-order valence-electron chi connectivity index (χ0n) is 11.0. The van der Waals surface area contributed by atoms with E-state index in [4.69, 9.17) is 9.84 Å². The third-order valence-corrected chi connectivity index (χ3v) is 2.49. The van der Waals surface area contributed by atoms with E-state index < -0.39 is 0 Å². The molecule has 6 nitrogen and oxygen atoms in total. The molecule has 2 N–H and O–H groups in total. The molecule has 0 radical (unpaired) electrons. The Hall–Kier alpha value is -1.40. The Balaban J connectivity index is 2.47. The predicted octanol–water partition coefficient (Wildman–Crippen LogP) is 0.204. The van der Waals surface area contributed by atoms with Gasteiger partial charge in [-0.15, -0.1) is 0 Å². The van der Waals surface area contributed by atoms with Gasteiger partial charge in [-0.2, -0.15) is 5.10 Å². The molecule has 0 aliphatic heterocycles. The minimum atomic E-state index is -0.142. The molecule has 0 atom stereocenters. The van der Waals surface area contributed by atoms with Crippen LogP contribution in [0.4, 0.5) is 0 Å². The number of hydrogen-bond acceptors (Lipinski definition) is 4. The summed E-state index contributed by atoms with van der Waals surface area (Å²) in [5.74, 6) is -0.142. The Morgan fingerprint density at radius 2 is 2.28 bits per heavy atom. The average molecular weight is 255 g/mol. The number of carbonyl (C=O) groups is 1. The number of aliphatic hydroxyl groups excluding tert-OH is 1. The molecule has 1 amide bonds. The molecular formula is C12H21N3O3. The summed E-state index contributed by atoms with van der Waals surface area (Å²) in [4.78, 5) is 11.9. The third kappa shape index (κ3) is 4.12. The number of amides is 1. The van der Waals surface area contributed by atoms with Crippen molar-refractivity contribution in [2.45, 2.75) is 26.8 Å². The fourth-order valence-electron chi connectivity index (χ4n) is 1.56. The van der Waals surface area contributed by atoms with E-state index in [0.717, 1.165) is 12.1 Å². The molecule has 1 rings (SSSR count). The third-order valence-electron chi connectivity index (χ3n) is 2.49. The maximum atomic E-state index is 11.9. The van der Waals surface area contributed by atoms with Crippen LogP contribution in [0.3, 0.4) is 0 Å². The molecule has 6 heteroatoms. The highest BCUT2D eigenvalue weighted by atomic mass is 16.5. The highest BCUT2D eigenvalue weighted by molar-refractivity contribution is 5.92. The number of aliphatic hydroxyl groups is 1. The highest BCUT2D eigenvalue weighted by Gasteiger charge is 2.13. The van der Waals surface area contributed by atoms with E-state index in [0.29, 0.717) is 32.0 Å². The molecule has 0 aromatic carbocycles. The van der Waals surface area contributed by atoms with Gasteiger partial charge in [-0.25, -0.2) is 0 Å². The Kier molecular flexibility index (Phi) is 6.38. The summed E-state index contributed by atoms with van der Waals surface area (Å²) in [5.41, 5.74) is 1.50. The number of rotatable bonds is 8. The summed E-state index contributed by atoms with van der Waals surface area (Å²) in [5, 5.41) is 15.6. The van der Waals surface area contributed by atoms with Crippen molar-refractivity contribution in [3.63, 3.8) is 0 Å². The molecule has 0 aliphatic rings. The lowest BCUT2D eigenvalue weighted by Gasteiger charge is -2.06. The van der Waals surface area contributed by atoms with Gasteiger partial charge in [0.2, 0.25) is 0 Å². The Morgan fingerprint density at radius 1 is 1.50 bits per heavy atom. The molecule has 0 fully saturated rings. The Morgan fingerprint density at radius 3 is 2.89 bits per heavy atom. The van der Waals surface area contributed by atoms with Crippen LogP contribution in [-0.4, -0.2) is 47.2 Å². The van der Waals surface area contributed by atoms with Crippen LogP contribution in [0.2, 0.25) is 0 Å². The van der Waals surface area contributed by atoms with E-state index in [1.807, 2.05) is 19.9 Å². The average Bonchev–Trinajstić information content (AvgIpc) is 2.81. The number of nitrogens with one attached hydrogen (secondary N) is 1. The quantitative estimate of drug-likeness (QED) is 0.651. The Labute approximate surface area is 107 Å². The van der Waals surface area contributed by atoms with E-state index in [-0.39, 0.29) is 12.5 Å². The zero-order valence-corrected chi connectivity index (χ0v) is 11.0. The van der Waals surface area contributed by atoms with Crippen LogP contribution >= 0.6 is 0 Å². The van der Waals surface area contributed by atoms with Gasteiger partial charge >= 0.3 is 0 Å². The van der Waals surface area contributed by atoms with Crippen LogP contribution in [0.1, 0.15) is 30.0 Å². The van der Waals surface area contributed by atoms with Crippen molar-refractivity contribution in [3.8, 4) is 0 Å². The molecule has 0 saturated heterocycles. The van der Waals surface area contributed by atoms with Crippen molar-refractivity contribution in [1.29, 1.82) is 0 Å². The lowest BCUT2D eigenvalue weighted by molar-refractivity contribution is 0.0832. The van der Waals surface area contributed by atoms with Gasteiger partial charge in [0.05, 0.1) is 25.5 Å². The molecule has 0 spiro atoms. The summed E-state index contributed by atoms with van der Waals surface area (Å²) in [6.45, 7) is 5.74. The molecule has 0 saturated carbocycles. The van der Waals surface area contributed by atoms with E-state index >= 15 is 0 Å². The number of aryl methyl sites for hydroxylation is 2. The van der Waals surface area contributed by atoms with E-state index in [9.17, 15) is 4.79 Å². The maximum absolute atomic E-state index is 11.9. The summed E-state index contributed by atoms with van der Waals surface area (Å²) in [6.07, 6.45) is 0.812. The minimum Gasteiger partial charge on any atom is -0.394 e. The molecule has 0 aliphatic carbocycles. The van der Waals surface area contributed by atoms with Gasteiger partial charge in [0, 0.05) is 13.1 Å². The first kappa shape index (κ1) is 14.7. The molecule has 1 heterocycles. The van der Waals surface area contributed by atoms with Crippen molar-refractivity contribution in [1.82, 2.24) is 15.1 Å². The van der Waals surface area contributed by atoms with Crippen LogP contribution in [0.15, 0.2) is 6.07 Å². The highest BCUT2D eigenvalue weighted by Crippen LogP contribution is 2.05. The number of ether oxygens (including phenoxy) is 1. The fourth-order valence-corrected chi connectivity index (χ4v) is 1.56. The largest absolute Gasteiger partial charge is 0.394 e. The first-order valence-electron chi connectivity index (χ1n) is 6.26. The number of aromatic nitrogens is 2. The first-order valence-corrected chi connectivity index (χ1v) is 6.26. The van der Waals surface area contributed by atoms with Crippen LogP contribution < -0.4 is 5.32 Å². The summed E-state index contributed by atoms with van der Waals surface area (Å²) in [7, 11) is 0. The lowest BCUT2D eigenvalue weighted by Crippen LogP contribution is -2.29. The number of nitrogens with zero attached hydrogens (tertiary/aromatic N) is 2. The van der Waals surface area contributed by atoms with E-state index in [2.05, 4.69) is 10.4 Å². The van der Waals surface area contributed by atoms with E-state index in [1.54, 1.807) is 4.68 Å².